The van der Waals surface area contributed by atoms with Crippen molar-refractivity contribution >= 4 is 28.3 Å². The Morgan fingerprint density at radius 1 is 1.12 bits per heavy atom. The van der Waals surface area contributed by atoms with E-state index in [0.717, 1.165) is 22.3 Å². The third-order valence-electron chi connectivity index (χ3n) is 3.72. The number of ether oxygens (including phenoxy) is 1. The van der Waals surface area contributed by atoms with Gasteiger partial charge in [0.2, 0.25) is 5.91 Å². The van der Waals surface area contributed by atoms with Crippen LogP contribution in [0.2, 0.25) is 0 Å². The first kappa shape index (κ1) is 16.7. The van der Waals surface area contributed by atoms with Gasteiger partial charge in [-0.3, -0.25) is 4.79 Å². The lowest BCUT2D eigenvalue weighted by atomic mass is 10.2. The van der Waals surface area contributed by atoms with Gasteiger partial charge < -0.3 is 15.4 Å². The van der Waals surface area contributed by atoms with E-state index >= 15 is 0 Å². The summed E-state index contributed by atoms with van der Waals surface area (Å²) in [5.41, 5.74) is 1.55. The van der Waals surface area contributed by atoms with Crippen molar-refractivity contribution in [2.24, 2.45) is 0 Å². The van der Waals surface area contributed by atoms with E-state index in [4.69, 9.17) is 4.74 Å². The number of carbonyl (C=O) groups is 1. The second-order valence-electron chi connectivity index (χ2n) is 5.55. The predicted octanol–water partition coefficient (Wildman–Crippen LogP) is 3.47. The van der Waals surface area contributed by atoms with Gasteiger partial charge in [0, 0.05) is 11.1 Å². The zero-order valence-corrected chi connectivity index (χ0v) is 14.2. The Balaban J connectivity index is 1.68. The van der Waals surface area contributed by atoms with Crippen molar-refractivity contribution in [3.8, 4) is 5.75 Å². The number of carbonyl (C=O) groups excluding carboxylic acids is 1. The Kier molecular flexibility index (Phi) is 5.09. The number of rotatable bonds is 6. The smallest absolute Gasteiger partial charge is 0.246 e. The summed E-state index contributed by atoms with van der Waals surface area (Å²) in [5.74, 6) is 1.27. The molecule has 128 valence electrons. The van der Waals surface area contributed by atoms with E-state index < -0.39 is 6.04 Å². The molecule has 0 saturated carbocycles. The van der Waals surface area contributed by atoms with Gasteiger partial charge in [0.25, 0.3) is 0 Å². The second kappa shape index (κ2) is 7.61. The molecule has 1 unspecified atom stereocenters. The molecule has 0 saturated heterocycles. The van der Waals surface area contributed by atoms with Crippen LogP contribution in [-0.2, 0) is 4.79 Å². The Bertz CT molecular complexity index is 859. The topological polar surface area (TPSA) is 76.1 Å². The van der Waals surface area contributed by atoms with E-state index in [-0.39, 0.29) is 5.91 Å². The third-order valence-corrected chi connectivity index (χ3v) is 3.72. The summed E-state index contributed by atoms with van der Waals surface area (Å²) in [7, 11) is 0. The van der Waals surface area contributed by atoms with Crippen LogP contribution in [0.3, 0.4) is 0 Å². The SMILES string of the molecule is CCOc1ccc(NC(=O)C(C)Nc2ncnc3ccccc23)cc1. The summed E-state index contributed by atoms with van der Waals surface area (Å²) in [5, 5.41) is 6.91. The number of nitrogens with zero attached hydrogens (tertiary/aromatic N) is 2. The van der Waals surface area contributed by atoms with Crippen LogP contribution in [0.15, 0.2) is 54.9 Å². The number of nitrogens with one attached hydrogen (secondary N) is 2. The molecule has 2 aromatic carbocycles. The van der Waals surface area contributed by atoms with Gasteiger partial charge in [-0.25, -0.2) is 9.97 Å². The van der Waals surface area contributed by atoms with E-state index in [9.17, 15) is 4.79 Å². The van der Waals surface area contributed by atoms with Gasteiger partial charge in [0.05, 0.1) is 12.1 Å². The van der Waals surface area contributed by atoms with Crippen LogP contribution in [0.4, 0.5) is 11.5 Å². The molecule has 6 heteroatoms. The zero-order valence-electron chi connectivity index (χ0n) is 14.2. The molecule has 0 aliphatic rings. The quantitative estimate of drug-likeness (QED) is 0.721. The molecule has 1 aromatic heterocycles. The van der Waals surface area contributed by atoms with Gasteiger partial charge in [0.1, 0.15) is 23.9 Å². The average Bonchev–Trinajstić information content (AvgIpc) is 2.64. The minimum absolute atomic E-state index is 0.146. The zero-order chi connectivity index (χ0) is 17.6. The summed E-state index contributed by atoms with van der Waals surface area (Å²) in [6.45, 7) is 4.33. The lowest BCUT2D eigenvalue weighted by molar-refractivity contribution is -0.116. The molecule has 0 spiro atoms. The van der Waals surface area contributed by atoms with Gasteiger partial charge in [-0.2, -0.15) is 0 Å². The predicted molar refractivity (Wildman–Crippen MR) is 98.9 cm³/mol. The van der Waals surface area contributed by atoms with Crippen LogP contribution in [0.5, 0.6) is 5.75 Å². The minimum atomic E-state index is -0.454. The van der Waals surface area contributed by atoms with Crippen LogP contribution in [0, 0.1) is 0 Å². The first-order valence-electron chi connectivity index (χ1n) is 8.17. The van der Waals surface area contributed by atoms with E-state index in [2.05, 4.69) is 20.6 Å². The summed E-state index contributed by atoms with van der Waals surface area (Å²) >= 11 is 0. The molecule has 3 rings (SSSR count). The van der Waals surface area contributed by atoms with Crippen molar-refractivity contribution in [2.45, 2.75) is 19.9 Å². The number of amides is 1. The number of benzene rings is 2. The van der Waals surface area contributed by atoms with Crippen molar-refractivity contribution in [2.75, 3.05) is 17.2 Å². The highest BCUT2D eigenvalue weighted by molar-refractivity contribution is 5.98. The van der Waals surface area contributed by atoms with Crippen LogP contribution in [-0.4, -0.2) is 28.5 Å². The molecule has 1 atom stereocenters. The molecule has 2 N–H and O–H groups in total. The van der Waals surface area contributed by atoms with Crippen molar-refractivity contribution in [1.82, 2.24) is 9.97 Å². The first-order valence-corrected chi connectivity index (χ1v) is 8.17. The van der Waals surface area contributed by atoms with Crippen molar-refractivity contribution in [1.29, 1.82) is 0 Å². The summed E-state index contributed by atoms with van der Waals surface area (Å²) < 4.78 is 5.39. The van der Waals surface area contributed by atoms with E-state index in [1.165, 1.54) is 6.33 Å². The average molecular weight is 336 g/mol. The van der Waals surface area contributed by atoms with Gasteiger partial charge in [-0.05, 0) is 50.2 Å². The lowest BCUT2D eigenvalue weighted by Gasteiger charge is -2.16. The maximum atomic E-state index is 12.4. The molecule has 1 heterocycles. The maximum Gasteiger partial charge on any atom is 0.246 e. The van der Waals surface area contributed by atoms with E-state index in [0.29, 0.717) is 12.4 Å². The van der Waals surface area contributed by atoms with Crippen LogP contribution in [0.1, 0.15) is 13.8 Å². The number of anilines is 2. The second-order valence-corrected chi connectivity index (χ2v) is 5.55. The summed E-state index contributed by atoms with van der Waals surface area (Å²) in [6, 6.07) is 14.5. The standard InChI is InChI=1S/C19H20N4O2/c1-3-25-15-10-8-14(9-11-15)23-19(24)13(2)22-18-16-6-4-5-7-17(16)20-12-21-18/h4-13H,3H2,1-2H3,(H,23,24)(H,20,21,22). The van der Waals surface area contributed by atoms with Crippen LogP contribution < -0.4 is 15.4 Å². The Labute approximate surface area is 146 Å². The summed E-state index contributed by atoms with van der Waals surface area (Å²) in [6.07, 6.45) is 1.49. The number of hydrogen-bond acceptors (Lipinski definition) is 5. The Hall–Kier alpha value is -3.15. The van der Waals surface area contributed by atoms with Crippen molar-refractivity contribution in [3.05, 3.63) is 54.9 Å². The molecule has 0 fully saturated rings. The molecular formula is C19H20N4O2. The first-order chi connectivity index (χ1) is 12.2. The highest BCUT2D eigenvalue weighted by Gasteiger charge is 2.15. The summed E-state index contributed by atoms with van der Waals surface area (Å²) in [4.78, 5) is 20.9. The molecule has 0 radical (unpaired) electrons. The van der Waals surface area contributed by atoms with E-state index in [1.807, 2.05) is 55.5 Å². The Morgan fingerprint density at radius 2 is 1.88 bits per heavy atom. The molecular weight excluding hydrogens is 316 g/mol. The molecule has 3 aromatic rings. The van der Waals surface area contributed by atoms with Crippen molar-refractivity contribution < 1.29 is 9.53 Å². The Morgan fingerprint density at radius 3 is 2.64 bits per heavy atom. The fourth-order valence-corrected chi connectivity index (χ4v) is 2.44. The molecule has 6 nitrogen and oxygen atoms in total. The number of para-hydroxylation sites is 1. The molecule has 0 aliphatic carbocycles. The number of fused-ring (bicyclic) bond motifs is 1. The molecule has 0 aliphatic heterocycles. The minimum Gasteiger partial charge on any atom is -0.494 e. The molecule has 1 amide bonds. The fourth-order valence-electron chi connectivity index (χ4n) is 2.44. The van der Waals surface area contributed by atoms with Gasteiger partial charge in [-0.15, -0.1) is 0 Å². The highest BCUT2D eigenvalue weighted by atomic mass is 16.5. The van der Waals surface area contributed by atoms with Crippen LogP contribution in [0.25, 0.3) is 10.9 Å². The molecule has 0 bridgehead atoms. The monoisotopic (exact) mass is 336 g/mol. The van der Waals surface area contributed by atoms with E-state index in [1.54, 1.807) is 6.92 Å². The van der Waals surface area contributed by atoms with Gasteiger partial charge in [0.15, 0.2) is 0 Å². The largest absolute Gasteiger partial charge is 0.494 e. The normalized spacial score (nSPS) is 11.8. The van der Waals surface area contributed by atoms with Gasteiger partial charge >= 0.3 is 0 Å². The van der Waals surface area contributed by atoms with Gasteiger partial charge in [-0.1, -0.05) is 12.1 Å². The third kappa shape index (κ3) is 4.03. The van der Waals surface area contributed by atoms with Crippen molar-refractivity contribution in [3.63, 3.8) is 0 Å². The number of hydrogen-bond donors (Lipinski definition) is 2. The highest BCUT2D eigenvalue weighted by Crippen LogP contribution is 2.20. The lowest BCUT2D eigenvalue weighted by Crippen LogP contribution is -2.32. The maximum absolute atomic E-state index is 12.4. The fraction of sp³-hybridized carbons (Fsp3) is 0.211. The number of aromatic nitrogens is 2. The molecule has 25 heavy (non-hydrogen) atoms. The van der Waals surface area contributed by atoms with Crippen LogP contribution >= 0.6 is 0 Å².